The number of likely N-dealkylation sites (N-methyl/N-ethyl adjacent to an activating group) is 1. The molecule has 2 aromatic carbocycles. The number of carbonyl (C=O) groups is 1. The Labute approximate surface area is 188 Å². The van der Waals surface area contributed by atoms with E-state index in [-0.39, 0.29) is 12.5 Å². The highest BCUT2D eigenvalue weighted by Gasteiger charge is 2.25. The number of amides is 1. The largest absolute Gasteiger partial charge is 0.493 e. The van der Waals surface area contributed by atoms with Crippen LogP contribution in [-0.4, -0.2) is 54.8 Å². The van der Waals surface area contributed by atoms with E-state index in [0.29, 0.717) is 29.1 Å². The summed E-state index contributed by atoms with van der Waals surface area (Å²) in [6.45, 7) is 0.222. The van der Waals surface area contributed by atoms with E-state index < -0.39 is 0 Å². The van der Waals surface area contributed by atoms with E-state index in [1.54, 1.807) is 21.3 Å². The van der Waals surface area contributed by atoms with Gasteiger partial charge in [-0.1, -0.05) is 31.4 Å². The van der Waals surface area contributed by atoms with E-state index in [0.717, 1.165) is 29.4 Å². The van der Waals surface area contributed by atoms with Crippen molar-refractivity contribution < 1.29 is 19.0 Å². The van der Waals surface area contributed by atoms with Crippen LogP contribution in [0.1, 0.15) is 32.1 Å². The predicted molar refractivity (Wildman–Crippen MR) is 124 cm³/mol. The minimum Gasteiger partial charge on any atom is -0.493 e. The van der Waals surface area contributed by atoms with Gasteiger partial charge in [0.05, 0.1) is 32.4 Å². The number of nitrogens with zero attached hydrogens (tertiary/aromatic N) is 3. The molecule has 0 bridgehead atoms. The second kappa shape index (κ2) is 9.51. The van der Waals surface area contributed by atoms with Gasteiger partial charge in [-0.25, -0.2) is 4.98 Å². The molecule has 0 radical (unpaired) electrons. The number of imidazole rings is 1. The average molecular weight is 438 g/mol. The minimum atomic E-state index is 0.0914. The minimum absolute atomic E-state index is 0.0914. The van der Waals surface area contributed by atoms with Crippen molar-refractivity contribution in [1.82, 2.24) is 14.5 Å². The van der Waals surface area contributed by atoms with Crippen molar-refractivity contribution >= 4 is 16.9 Å². The molecule has 1 aromatic heterocycles. The first-order chi connectivity index (χ1) is 15.6. The molecule has 1 aliphatic carbocycles. The quantitative estimate of drug-likeness (QED) is 0.544. The van der Waals surface area contributed by atoms with Gasteiger partial charge in [0.25, 0.3) is 0 Å². The van der Waals surface area contributed by atoms with E-state index in [4.69, 9.17) is 19.2 Å². The van der Waals surface area contributed by atoms with Crippen LogP contribution < -0.4 is 14.2 Å². The number of fused-ring (bicyclic) bond motifs is 1. The standard InChI is InChI=1S/C25H31N3O4/c1-27(18-10-6-5-7-11-18)23(29)16-28-20-13-9-8-12-19(20)26-25(28)17-14-21(30-2)24(32-4)22(15-17)31-3/h8-9,12-15,18H,5-7,10-11,16H2,1-4H3. The molecular formula is C25H31N3O4. The monoisotopic (exact) mass is 437 g/mol. The molecule has 0 aliphatic heterocycles. The van der Waals surface area contributed by atoms with E-state index in [1.807, 2.05) is 52.9 Å². The number of rotatable bonds is 7. The third-order valence-electron chi connectivity index (χ3n) is 6.39. The Bertz CT molecular complexity index is 1080. The molecule has 32 heavy (non-hydrogen) atoms. The van der Waals surface area contributed by atoms with Crippen LogP contribution in [0.15, 0.2) is 36.4 Å². The van der Waals surface area contributed by atoms with Gasteiger partial charge >= 0.3 is 0 Å². The number of methoxy groups -OCH3 is 3. The van der Waals surface area contributed by atoms with Crippen molar-refractivity contribution in [1.29, 1.82) is 0 Å². The highest BCUT2D eigenvalue weighted by Crippen LogP contribution is 2.41. The van der Waals surface area contributed by atoms with Gasteiger partial charge in [0, 0.05) is 18.7 Å². The SMILES string of the molecule is COc1cc(-c2nc3ccccc3n2CC(=O)N(C)C2CCCCC2)cc(OC)c1OC. The van der Waals surface area contributed by atoms with Gasteiger partial charge in [-0.15, -0.1) is 0 Å². The summed E-state index contributed by atoms with van der Waals surface area (Å²) in [6, 6.07) is 11.9. The van der Waals surface area contributed by atoms with Crippen molar-refractivity contribution in [3.8, 4) is 28.6 Å². The first kappa shape index (κ1) is 22.0. The fourth-order valence-corrected chi connectivity index (χ4v) is 4.58. The van der Waals surface area contributed by atoms with Crippen molar-refractivity contribution in [2.45, 2.75) is 44.7 Å². The van der Waals surface area contributed by atoms with Crippen LogP contribution in [0.5, 0.6) is 17.2 Å². The van der Waals surface area contributed by atoms with Gasteiger partial charge < -0.3 is 23.7 Å². The number of aromatic nitrogens is 2. The third-order valence-corrected chi connectivity index (χ3v) is 6.39. The Morgan fingerprint density at radius 2 is 1.69 bits per heavy atom. The third kappa shape index (κ3) is 4.11. The van der Waals surface area contributed by atoms with Crippen LogP contribution in [-0.2, 0) is 11.3 Å². The van der Waals surface area contributed by atoms with Crippen molar-refractivity contribution in [3.63, 3.8) is 0 Å². The lowest BCUT2D eigenvalue weighted by Crippen LogP contribution is -2.40. The average Bonchev–Trinajstić information content (AvgIpc) is 3.21. The van der Waals surface area contributed by atoms with Crippen molar-refractivity contribution in [2.24, 2.45) is 0 Å². The zero-order valence-corrected chi connectivity index (χ0v) is 19.3. The summed E-state index contributed by atoms with van der Waals surface area (Å²) in [5.74, 6) is 2.40. The zero-order chi connectivity index (χ0) is 22.7. The van der Waals surface area contributed by atoms with Gasteiger partial charge in [0.15, 0.2) is 11.5 Å². The highest BCUT2D eigenvalue weighted by molar-refractivity contribution is 5.85. The number of hydrogen-bond donors (Lipinski definition) is 0. The summed E-state index contributed by atoms with van der Waals surface area (Å²) in [7, 11) is 6.69. The zero-order valence-electron chi connectivity index (χ0n) is 19.3. The molecule has 1 amide bonds. The van der Waals surface area contributed by atoms with E-state index in [9.17, 15) is 4.79 Å². The number of benzene rings is 2. The maximum absolute atomic E-state index is 13.3. The van der Waals surface area contributed by atoms with E-state index >= 15 is 0 Å². The molecule has 1 fully saturated rings. The van der Waals surface area contributed by atoms with Gasteiger partial charge in [-0.3, -0.25) is 4.79 Å². The lowest BCUT2D eigenvalue weighted by molar-refractivity contribution is -0.133. The number of carbonyl (C=O) groups excluding carboxylic acids is 1. The molecule has 0 saturated heterocycles. The Balaban J connectivity index is 1.76. The van der Waals surface area contributed by atoms with E-state index in [1.165, 1.54) is 19.3 Å². The molecule has 0 N–H and O–H groups in total. The number of para-hydroxylation sites is 2. The molecule has 3 aromatic rings. The first-order valence-corrected chi connectivity index (χ1v) is 11.1. The maximum atomic E-state index is 13.3. The lowest BCUT2D eigenvalue weighted by atomic mass is 9.94. The fraction of sp³-hybridized carbons (Fsp3) is 0.440. The molecule has 1 heterocycles. The summed E-state index contributed by atoms with van der Waals surface area (Å²) in [5, 5.41) is 0. The molecule has 7 heteroatoms. The predicted octanol–water partition coefficient (Wildman–Crippen LogP) is 4.52. The smallest absolute Gasteiger partial charge is 0.242 e. The van der Waals surface area contributed by atoms with Gasteiger partial charge in [0.2, 0.25) is 11.7 Å². The molecule has 0 unspecified atom stereocenters. The summed E-state index contributed by atoms with van der Waals surface area (Å²) in [5.41, 5.74) is 2.55. The molecular weight excluding hydrogens is 406 g/mol. The molecule has 170 valence electrons. The fourth-order valence-electron chi connectivity index (χ4n) is 4.58. The Kier molecular flexibility index (Phi) is 6.53. The Morgan fingerprint density at radius 1 is 1.03 bits per heavy atom. The number of hydrogen-bond acceptors (Lipinski definition) is 5. The van der Waals surface area contributed by atoms with Crippen molar-refractivity contribution in [2.75, 3.05) is 28.4 Å². The molecule has 1 saturated carbocycles. The maximum Gasteiger partial charge on any atom is 0.242 e. The van der Waals surface area contributed by atoms with E-state index in [2.05, 4.69) is 0 Å². The van der Waals surface area contributed by atoms with Gasteiger partial charge in [-0.05, 0) is 37.1 Å². The summed E-state index contributed by atoms with van der Waals surface area (Å²) in [6.07, 6.45) is 5.79. The van der Waals surface area contributed by atoms with Crippen LogP contribution in [0.2, 0.25) is 0 Å². The second-order valence-electron chi connectivity index (χ2n) is 8.22. The van der Waals surface area contributed by atoms with Crippen LogP contribution in [0.3, 0.4) is 0 Å². The molecule has 0 atom stereocenters. The Hall–Kier alpha value is -3.22. The van der Waals surface area contributed by atoms with Gasteiger partial charge in [-0.2, -0.15) is 0 Å². The Morgan fingerprint density at radius 3 is 2.31 bits per heavy atom. The lowest BCUT2D eigenvalue weighted by Gasteiger charge is -2.31. The molecule has 7 nitrogen and oxygen atoms in total. The summed E-state index contributed by atoms with van der Waals surface area (Å²) >= 11 is 0. The summed E-state index contributed by atoms with van der Waals surface area (Å²) in [4.78, 5) is 20.1. The second-order valence-corrected chi connectivity index (χ2v) is 8.22. The molecule has 4 rings (SSSR count). The van der Waals surface area contributed by atoms with Gasteiger partial charge in [0.1, 0.15) is 12.4 Å². The molecule has 0 spiro atoms. The van der Waals surface area contributed by atoms with Crippen LogP contribution in [0.4, 0.5) is 0 Å². The number of ether oxygens (including phenoxy) is 3. The van der Waals surface area contributed by atoms with Crippen molar-refractivity contribution in [3.05, 3.63) is 36.4 Å². The van der Waals surface area contributed by atoms with Crippen LogP contribution in [0.25, 0.3) is 22.4 Å². The van der Waals surface area contributed by atoms with Crippen LogP contribution in [0, 0.1) is 0 Å². The topological polar surface area (TPSA) is 65.8 Å². The summed E-state index contributed by atoms with van der Waals surface area (Å²) < 4.78 is 18.5. The first-order valence-electron chi connectivity index (χ1n) is 11.1. The van der Waals surface area contributed by atoms with Crippen LogP contribution >= 0.6 is 0 Å². The normalized spacial score (nSPS) is 14.4. The highest BCUT2D eigenvalue weighted by atomic mass is 16.5. The molecule has 1 aliphatic rings.